The van der Waals surface area contributed by atoms with Gasteiger partial charge in [0.1, 0.15) is 5.82 Å². The number of likely N-dealkylation sites (N-methyl/N-ethyl adjacent to an activating group) is 1. The number of nitrogens with one attached hydrogen (secondary N) is 2. The molecular weight excluding hydrogens is 237 g/mol. The van der Waals surface area contributed by atoms with E-state index < -0.39 is 0 Å². The van der Waals surface area contributed by atoms with Crippen molar-refractivity contribution in [3.63, 3.8) is 0 Å². The molecule has 92 valence electrons. The normalized spacial score (nSPS) is 16.9. The first-order valence-electron chi connectivity index (χ1n) is 5.78. The number of rotatable bonds is 1. The average molecular weight is 254 g/mol. The maximum atomic E-state index is 13.0. The van der Waals surface area contributed by atoms with Crippen LogP contribution in [0.2, 0.25) is 0 Å². The molecule has 0 saturated carbocycles. The van der Waals surface area contributed by atoms with E-state index in [-0.39, 0.29) is 5.82 Å². The Morgan fingerprint density at radius 3 is 2.76 bits per heavy atom. The third-order valence-electron chi connectivity index (χ3n) is 2.98. The van der Waals surface area contributed by atoms with Gasteiger partial charge in [-0.25, -0.2) is 4.39 Å². The number of halogens is 1. The number of hydrogen-bond acceptors (Lipinski definition) is 1. The molecule has 2 N–H and O–H groups in total. The molecule has 1 aliphatic rings. The Hall–Kier alpha value is -1.20. The number of thiocarbonyl (C=S) groups is 1. The summed E-state index contributed by atoms with van der Waals surface area (Å²) in [5.74, 6) is -0.249. The highest BCUT2D eigenvalue weighted by molar-refractivity contribution is 7.80. The van der Waals surface area contributed by atoms with Crippen LogP contribution in [-0.2, 0) is 0 Å². The van der Waals surface area contributed by atoms with Crippen LogP contribution in [0.15, 0.2) is 24.3 Å². The van der Waals surface area contributed by atoms with Gasteiger partial charge in [0.15, 0.2) is 5.11 Å². The van der Waals surface area contributed by atoms with Crippen LogP contribution in [0, 0.1) is 5.82 Å². The molecule has 1 heterocycles. The van der Waals surface area contributed by atoms with E-state index in [2.05, 4.69) is 17.3 Å². The summed E-state index contributed by atoms with van der Waals surface area (Å²) in [6, 6.07) is 6.37. The van der Waals surface area contributed by atoms with E-state index in [9.17, 15) is 4.39 Å². The number of anilines is 1. The van der Waals surface area contributed by atoms with E-state index in [0.29, 0.717) is 10.8 Å². The van der Waals surface area contributed by atoms with Gasteiger partial charge in [-0.05, 0) is 30.4 Å². The van der Waals surface area contributed by atoms with Crippen molar-refractivity contribution >= 4 is 23.0 Å². The highest BCUT2D eigenvalue weighted by Gasteiger charge is 2.18. The lowest BCUT2D eigenvalue weighted by Gasteiger charge is -2.32. The van der Waals surface area contributed by atoms with Gasteiger partial charge >= 0.3 is 0 Å². The summed E-state index contributed by atoms with van der Waals surface area (Å²) in [6.07, 6.45) is 0. The van der Waals surface area contributed by atoms with Gasteiger partial charge in [-0.3, -0.25) is 0 Å². The molecular formula is C12H17FN3S+. The number of piperazine rings is 1. The van der Waals surface area contributed by atoms with Crippen LogP contribution in [0.5, 0.6) is 0 Å². The Balaban J connectivity index is 1.93. The molecule has 0 amide bonds. The number of hydrogen-bond donors (Lipinski definition) is 2. The summed E-state index contributed by atoms with van der Waals surface area (Å²) >= 11 is 5.32. The van der Waals surface area contributed by atoms with Crippen LogP contribution in [0.25, 0.3) is 0 Å². The van der Waals surface area contributed by atoms with Gasteiger partial charge in [-0.2, -0.15) is 0 Å². The molecule has 1 aromatic rings. The lowest BCUT2D eigenvalue weighted by atomic mass is 10.3. The Bertz CT molecular complexity index is 402. The summed E-state index contributed by atoms with van der Waals surface area (Å²) in [7, 11) is 2.18. The molecule has 0 spiro atoms. The predicted molar refractivity (Wildman–Crippen MR) is 70.8 cm³/mol. The molecule has 5 heteroatoms. The largest absolute Gasteiger partial charge is 0.338 e. The van der Waals surface area contributed by atoms with Gasteiger partial charge in [0, 0.05) is 5.69 Å². The van der Waals surface area contributed by atoms with E-state index in [4.69, 9.17) is 12.2 Å². The average Bonchev–Trinajstić information content (AvgIpc) is 2.29. The Kier molecular flexibility index (Phi) is 3.91. The fraction of sp³-hybridized carbons (Fsp3) is 0.417. The smallest absolute Gasteiger partial charge is 0.173 e. The fourth-order valence-electron chi connectivity index (χ4n) is 1.86. The monoisotopic (exact) mass is 254 g/mol. The number of benzene rings is 1. The third-order valence-corrected chi connectivity index (χ3v) is 3.34. The second kappa shape index (κ2) is 5.42. The van der Waals surface area contributed by atoms with E-state index in [0.717, 1.165) is 26.2 Å². The summed E-state index contributed by atoms with van der Waals surface area (Å²) in [4.78, 5) is 3.66. The Labute approximate surface area is 106 Å². The molecule has 0 aromatic heterocycles. The van der Waals surface area contributed by atoms with Crippen molar-refractivity contribution < 1.29 is 9.29 Å². The molecule has 0 bridgehead atoms. The zero-order chi connectivity index (χ0) is 12.3. The molecule has 17 heavy (non-hydrogen) atoms. The van der Waals surface area contributed by atoms with Crippen molar-refractivity contribution in [3.05, 3.63) is 30.1 Å². The number of nitrogens with zero attached hydrogens (tertiary/aromatic N) is 1. The van der Waals surface area contributed by atoms with Crippen LogP contribution in [0.3, 0.4) is 0 Å². The highest BCUT2D eigenvalue weighted by Crippen LogP contribution is 2.10. The fourth-order valence-corrected chi connectivity index (χ4v) is 2.16. The highest BCUT2D eigenvalue weighted by atomic mass is 32.1. The SMILES string of the molecule is C[NH+]1CCN(C(=S)Nc2cccc(F)c2)CC1. The molecule has 3 nitrogen and oxygen atoms in total. The molecule has 0 atom stereocenters. The molecule has 1 fully saturated rings. The van der Waals surface area contributed by atoms with E-state index in [1.165, 1.54) is 17.0 Å². The van der Waals surface area contributed by atoms with Crippen LogP contribution in [0.4, 0.5) is 10.1 Å². The quantitative estimate of drug-likeness (QED) is 0.706. The summed E-state index contributed by atoms with van der Waals surface area (Å²) in [5.41, 5.74) is 0.710. The van der Waals surface area contributed by atoms with Gasteiger partial charge in [-0.1, -0.05) is 6.07 Å². The topological polar surface area (TPSA) is 19.7 Å². The van der Waals surface area contributed by atoms with Crippen molar-refractivity contribution in [1.82, 2.24) is 4.90 Å². The second-order valence-corrected chi connectivity index (χ2v) is 4.77. The van der Waals surface area contributed by atoms with Gasteiger partial charge in [-0.15, -0.1) is 0 Å². The van der Waals surface area contributed by atoms with E-state index >= 15 is 0 Å². The summed E-state index contributed by atoms with van der Waals surface area (Å²) in [5, 5.41) is 3.76. The summed E-state index contributed by atoms with van der Waals surface area (Å²) in [6.45, 7) is 4.08. The Morgan fingerprint density at radius 1 is 1.41 bits per heavy atom. The van der Waals surface area contributed by atoms with Crippen LogP contribution in [0.1, 0.15) is 0 Å². The molecule has 1 saturated heterocycles. The predicted octanol–water partition coefficient (Wildman–Crippen LogP) is 0.353. The van der Waals surface area contributed by atoms with Crippen molar-refractivity contribution in [2.45, 2.75) is 0 Å². The van der Waals surface area contributed by atoms with Crippen molar-refractivity contribution in [1.29, 1.82) is 0 Å². The molecule has 1 aromatic carbocycles. The minimum absolute atomic E-state index is 0.249. The zero-order valence-corrected chi connectivity index (χ0v) is 10.7. The first-order chi connectivity index (χ1) is 8.15. The van der Waals surface area contributed by atoms with Gasteiger partial charge in [0.25, 0.3) is 0 Å². The summed E-state index contributed by atoms with van der Waals surface area (Å²) < 4.78 is 13.0. The van der Waals surface area contributed by atoms with Gasteiger partial charge in [0.2, 0.25) is 0 Å². The first-order valence-corrected chi connectivity index (χ1v) is 6.19. The molecule has 0 aliphatic carbocycles. The van der Waals surface area contributed by atoms with Crippen molar-refractivity contribution in [2.24, 2.45) is 0 Å². The standard InChI is InChI=1S/C12H16FN3S/c1-15-5-7-16(8-6-15)12(17)14-11-4-2-3-10(13)9-11/h2-4,9H,5-8H2,1H3,(H,14,17)/p+1. The first kappa shape index (κ1) is 12.3. The van der Waals surface area contributed by atoms with Crippen LogP contribution in [-0.4, -0.2) is 43.2 Å². The van der Waals surface area contributed by atoms with Crippen molar-refractivity contribution in [3.8, 4) is 0 Å². The molecule has 0 unspecified atom stereocenters. The van der Waals surface area contributed by atoms with Gasteiger partial charge in [0.05, 0.1) is 33.2 Å². The van der Waals surface area contributed by atoms with E-state index in [1.807, 2.05) is 6.07 Å². The molecule has 0 radical (unpaired) electrons. The number of quaternary nitrogens is 1. The molecule has 1 aliphatic heterocycles. The zero-order valence-electron chi connectivity index (χ0n) is 9.87. The van der Waals surface area contributed by atoms with E-state index in [1.54, 1.807) is 6.07 Å². The third kappa shape index (κ3) is 3.38. The second-order valence-electron chi connectivity index (χ2n) is 4.38. The maximum absolute atomic E-state index is 13.0. The van der Waals surface area contributed by atoms with Gasteiger partial charge < -0.3 is 15.1 Å². The Morgan fingerprint density at radius 2 is 2.12 bits per heavy atom. The minimum atomic E-state index is -0.249. The maximum Gasteiger partial charge on any atom is 0.173 e. The lowest BCUT2D eigenvalue weighted by molar-refractivity contribution is -0.883. The molecule has 2 rings (SSSR count). The lowest BCUT2D eigenvalue weighted by Crippen LogP contribution is -3.12. The van der Waals surface area contributed by atoms with Crippen LogP contribution >= 0.6 is 12.2 Å². The van der Waals surface area contributed by atoms with Crippen LogP contribution < -0.4 is 10.2 Å². The van der Waals surface area contributed by atoms with Crippen molar-refractivity contribution in [2.75, 3.05) is 38.5 Å². The minimum Gasteiger partial charge on any atom is -0.338 e.